The third kappa shape index (κ3) is 28.0. The number of nitrogens with zero attached hydrogens (tertiary/aromatic N) is 6. The Morgan fingerprint density at radius 2 is 1.04 bits per heavy atom. The van der Waals surface area contributed by atoms with Crippen LogP contribution in [0.4, 0.5) is 4.79 Å². The van der Waals surface area contributed by atoms with E-state index in [2.05, 4.69) is 38.5 Å². The van der Waals surface area contributed by atoms with Crippen LogP contribution in [-0.4, -0.2) is 227 Å². The number of nitrogens with one attached hydrogen (secondary N) is 6. The third-order valence-electron chi connectivity index (χ3n) is 16.2. The van der Waals surface area contributed by atoms with Gasteiger partial charge in [-0.3, -0.25) is 58.1 Å². The highest BCUT2D eigenvalue weighted by Gasteiger charge is 2.43. The van der Waals surface area contributed by atoms with Crippen molar-refractivity contribution in [2.75, 3.05) is 55.9 Å². The van der Waals surface area contributed by atoms with E-state index in [1.165, 1.54) is 91.7 Å². The molecule has 26 heteroatoms. The largest absolute Gasteiger partial charge is 0.390 e. The summed E-state index contributed by atoms with van der Waals surface area (Å²) in [6.07, 6.45) is 2.65. The first-order chi connectivity index (χ1) is 41.9. The molecular formula is C65H118N12O14. The molecule has 0 fully saturated rings. The number of amides is 13. The SMILES string of the molecule is C=C(C(=O)N(C)[C@@H](CC(C)(C)O)C(=O)N[C@H](C(=O)N(C)[C@@H](CC(C)C)C(=O)NC(=O)N[C@H](C)C(=O)N(C)[C@@H](CC(C)C)C(=O)N(C)[C@@H](CC(C)C)C(=O)NC)C(C)C)N(C)C(=O)[C@H](CC)NC(=O)C([C@H](O)[C@H](C)CCCCCCNC(C)=O)N(C)C(=O)CC(C)C. The van der Waals surface area contributed by atoms with E-state index in [0.29, 0.717) is 25.8 Å². The molecule has 0 rings (SSSR count). The number of rotatable bonds is 39. The number of hydrogen-bond acceptors (Lipinski definition) is 14. The molecule has 13 amide bonds. The Kier molecular flexibility index (Phi) is 36.7. The molecule has 0 bridgehead atoms. The van der Waals surface area contributed by atoms with E-state index in [-0.39, 0.29) is 67.6 Å². The summed E-state index contributed by atoms with van der Waals surface area (Å²) in [6.45, 7) is 31.6. The summed E-state index contributed by atoms with van der Waals surface area (Å²) in [5.74, 6) is -8.48. The zero-order valence-electron chi connectivity index (χ0n) is 59.3. The van der Waals surface area contributed by atoms with E-state index in [9.17, 15) is 67.7 Å². The first-order valence-corrected chi connectivity index (χ1v) is 32.3. The number of aliphatic hydroxyl groups is 2. The van der Waals surface area contributed by atoms with E-state index in [1.54, 1.807) is 41.5 Å². The van der Waals surface area contributed by atoms with Crippen molar-refractivity contribution >= 4 is 71.0 Å². The van der Waals surface area contributed by atoms with Gasteiger partial charge in [0.2, 0.25) is 53.2 Å². The van der Waals surface area contributed by atoms with Crippen LogP contribution >= 0.6 is 0 Å². The van der Waals surface area contributed by atoms with Crippen LogP contribution in [0.1, 0.15) is 181 Å². The van der Waals surface area contributed by atoms with E-state index < -0.39 is 137 Å². The van der Waals surface area contributed by atoms with Crippen LogP contribution < -0.4 is 31.9 Å². The number of hydrogen-bond donors (Lipinski definition) is 8. The van der Waals surface area contributed by atoms with E-state index in [4.69, 9.17) is 0 Å². The second-order valence-electron chi connectivity index (χ2n) is 27.3. The van der Waals surface area contributed by atoms with E-state index >= 15 is 0 Å². The topological polar surface area (TPSA) is 337 Å². The summed E-state index contributed by atoms with van der Waals surface area (Å²) >= 11 is 0. The van der Waals surface area contributed by atoms with Gasteiger partial charge in [-0.15, -0.1) is 0 Å². The lowest BCUT2D eigenvalue weighted by atomic mass is 9.90. The number of imide groups is 1. The molecule has 0 aliphatic heterocycles. The van der Waals surface area contributed by atoms with Crippen molar-refractivity contribution in [3.05, 3.63) is 12.3 Å². The number of unbranched alkanes of at least 4 members (excludes halogenated alkanes) is 3. The quantitative estimate of drug-likeness (QED) is 0.0323. The highest BCUT2D eigenvalue weighted by molar-refractivity contribution is 6.03. The zero-order chi connectivity index (χ0) is 70.9. The number of likely N-dealkylation sites (N-methyl/N-ethyl adjacent to an activating group) is 7. The second-order valence-corrected chi connectivity index (χ2v) is 27.3. The molecule has 0 aromatic heterocycles. The molecule has 0 radical (unpaired) electrons. The fraction of sp³-hybridized carbons (Fsp3) is 0.785. The summed E-state index contributed by atoms with van der Waals surface area (Å²) in [4.78, 5) is 172. The van der Waals surface area contributed by atoms with Gasteiger partial charge in [0.05, 0.1) is 11.7 Å². The average Bonchev–Trinajstić information content (AvgIpc) is 1.04. The van der Waals surface area contributed by atoms with Crippen LogP contribution in [0.15, 0.2) is 12.3 Å². The molecule has 0 aliphatic carbocycles. The van der Waals surface area contributed by atoms with Crippen LogP contribution in [0.5, 0.6) is 0 Å². The predicted molar refractivity (Wildman–Crippen MR) is 350 cm³/mol. The van der Waals surface area contributed by atoms with Gasteiger partial charge in [0.25, 0.3) is 11.8 Å². The van der Waals surface area contributed by atoms with Crippen LogP contribution in [0.2, 0.25) is 0 Å². The number of urea groups is 1. The van der Waals surface area contributed by atoms with Crippen molar-refractivity contribution in [2.24, 2.45) is 35.5 Å². The molecule has 26 nitrogen and oxygen atoms in total. The molecule has 10 atom stereocenters. The van der Waals surface area contributed by atoms with Crippen molar-refractivity contribution in [1.29, 1.82) is 0 Å². The Morgan fingerprint density at radius 1 is 0.549 bits per heavy atom. The lowest BCUT2D eigenvalue weighted by molar-refractivity contribution is -0.148. The maximum absolute atomic E-state index is 14.6. The zero-order valence-corrected chi connectivity index (χ0v) is 59.3. The van der Waals surface area contributed by atoms with Crippen LogP contribution in [0.3, 0.4) is 0 Å². The van der Waals surface area contributed by atoms with Crippen LogP contribution in [0, 0.1) is 35.5 Å². The molecule has 0 aliphatic rings. The molecule has 0 aromatic rings. The molecule has 0 heterocycles. The molecule has 522 valence electrons. The molecule has 0 spiro atoms. The molecule has 91 heavy (non-hydrogen) atoms. The van der Waals surface area contributed by atoms with Crippen molar-refractivity contribution in [1.82, 2.24) is 61.3 Å². The summed E-state index contributed by atoms with van der Waals surface area (Å²) in [5, 5.41) is 38.4. The summed E-state index contributed by atoms with van der Waals surface area (Å²) in [6, 6.07) is -11.0. The van der Waals surface area contributed by atoms with Gasteiger partial charge in [-0.2, -0.15) is 0 Å². The Labute approximate surface area is 543 Å². The average molecular weight is 1290 g/mol. The Balaban J connectivity index is 6.70. The number of carbonyl (C=O) groups excluding carboxylic acids is 12. The van der Waals surface area contributed by atoms with Crippen LogP contribution in [0.25, 0.3) is 0 Å². The molecule has 0 saturated heterocycles. The Bertz CT molecular complexity index is 2460. The summed E-state index contributed by atoms with van der Waals surface area (Å²) in [7, 11) is 9.68. The van der Waals surface area contributed by atoms with Gasteiger partial charge in [0.1, 0.15) is 54.0 Å². The fourth-order valence-corrected chi connectivity index (χ4v) is 10.5. The highest BCUT2D eigenvalue weighted by Crippen LogP contribution is 2.24. The van der Waals surface area contributed by atoms with Crippen molar-refractivity contribution in [3.8, 4) is 0 Å². The minimum atomic E-state index is -1.60. The van der Waals surface area contributed by atoms with Gasteiger partial charge in [0.15, 0.2) is 0 Å². The van der Waals surface area contributed by atoms with Crippen LogP contribution in [-0.2, 0) is 52.7 Å². The van der Waals surface area contributed by atoms with Gasteiger partial charge in [0, 0.05) is 75.6 Å². The van der Waals surface area contributed by atoms with Gasteiger partial charge in [-0.1, -0.05) is 109 Å². The van der Waals surface area contributed by atoms with Crippen molar-refractivity contribution in [2.45, 2.75) is 241 Å². The monoisotopic (exact) mass is 1290 g/mol. The molecule has 0 saturated carbocycles. The maximum Gasteiger partial charge on any atom is 0.322 e. The van der Waals surface area contributed by atoms with Crippen molar-refractivity contribution in [3.63, 3.8) is 0 Å². The second kappa shape index (κ2) is 39.6. The van der Waals surface area contributed by atoms with Gasteiger partial charge in [-0.05, 0) is 94.8 Å². The summed E-state index contributed by atoms with van der Waals surface area (Å²) in [5.41, 5.74) is -2.04. The number of carbonyl (C=O) groups is 12. The molecule has 0 aromatic carbocycles. The lowest BCUT2D eigenvalue weighted by Crippen LogP contribution is -2.61. The first-order valence-electron chi connectivity index (χ1n) is 32.3. The molecule has 8 N–H and O–H groups in total. The normalized spacial score (nSPS) is 14.9. The minimum Gasteiger partial charge on any atom is -0.390 e. The highest BCUT2D eigenvalue weighted by atomic mass is 16.3. The fourth-order valence-electron chi connectivity index (χ4n) is 10.5. The Hall–Kier alpha value is -6.70. The smallest absolute Gasteiger partial charge is 0.322 e. The van der Waals surface area contributed by atoms with Crippen molar-refractivity contribution < 1.29 is 67.7 Å². The third-order valence-corrected chi connectivity index (χ3v) is 16.2. The van der Waals surface area contributed by atoms with Gasteiger partial charge in [-0.25, -0.2) is 4.79 Å². The van der Waals surface area contributed by atoms with Gasteiger partial charge >= 0.3 is 6.03 Å². The number of aliphatic hydroxyl groups excluding tert-OH is 1. The first kappa shape index (κ1) is 84.3. The van der Waals surface area contributed by atoms with E-state index in [0.717, 1.165) is 34.0 Å². The van der Waals surface area contributed by atoms with Gasteiger partial charge < -0.3 is 66.2 Å². The minimum absolute atomic E-state index is 0.00514. The molecular weight excluding hydrogens is 1170 g/mol. The lowest BCUT2D eigenvalue weighted by Gasteiger charge is -2.37. The standard InChI is InChI=1S/C65H118N12O14/c1-25-46(69-58(84)53(77(24)51(79)35-40(8)9)54(80)42(12)30-28-26-27-29-31-67-45(15)78)61(87)72(19)44(14)60(86)76(23)50(36-65(16,17)91)57(83)70-52(41(10)11)63(89)74(21)48(33-38(4)5)56(82)71-64(90)68-43(13)59(85)75(22)49(34-39(6)7)62(88)73(20)47(32-37(2)3)55(81)66-18/h37-43,46-50,52-54,80,91H,14,25-36H2,1-13,15-24H3,(H,66,81)(H,67,78)(H,69,84)(H,70,83)(H2,68,71,82,90)/t42-,43-,46+,47+,48+,49+,50+,52+,53?,54-/m1/s1. The van der Waals surface area contributed by atoms with E-state index in [1.807, 2.05) is 41.5 Å². The molecule has 1 unspecified atom stereocenters. The Morgan fingerprint density at radius 3 is 1.52 bits per heavy atom. The maximum atomic E-state index is 14.6. The predicted octanol–water partition coefficient (Wildman–Crippen LogP) is 3.52. The summed E-state index contributed by atoms with van der Waals surface area (Å²) < 4.78 is 0.